The lowest BCUT2D eigenvalue weighted by molar-refractivity contribution is -0.129. The monoisotopic (exact) mass is 282 g/mol. The Bertz CT molecular complexity index is 340. The van der Waals surface area contributed by atoms with Gasteiger partial charge in [0.1, 0.15) is 0 Å². The Hall–Kier alpha value is -1.10. The molecule has 0 aromatic carbocycles. The zero-order valence-corrected chi connectivity index (χ0v) is 12.4. The van der Waals surface area contributed by atoms with E-state index in [1.807, 2.05) is 4.90 Å². The van der Waals surface area contributed by atoms with E-state index in [1.165, 1.54) is 0 Å². The molecule has 2 heterocycles. The molecule has 20 heavy (non-hydrogen) atoms. The Morgan fingerprint density at radius 1 is 1.45 bits per heavy atom. The molecule has 114 valence electrons. The van der Waals surface area contributed by atoms with Crippen LogP contribution in [-0.4, -0.2) is 49.1 Å². The van der Waals surface area contributed by atoms with Crippen molar-refractivity contribution < 1.29 is 14.3 Å². The van der Waals surface area contributed by atoms with Crippen LogP contribution in [0.25, 0.3) is 0 Å². The maximum atomic E-state index is 12.1. The van der Waals surface area contributed by atoms with Gasteiger partial charge in [0.05, 0.1) is 12.0 Å². The van der Waals surface area contributed by atoms with Crippen molar-refractivity contribution in [2.24, 2.45) is 5.92 Å². The maximum Gasteiger partial charge on any atom is 0.225 e. The third kappa shape index (κ3) is 4.20. The van der Waals surface area contributed by atoms with Gasteiger partial charge in [0.15, 0.2) is 0 Å². The summed E-state index contributed by atoms with van der Waals surface area (Å²) in [6.07, 6.45) is 5.95. The first kappa shape index (κ1) is 15.3. The van der Waals surface area contributed by atoms with Gasteiger partial charge in [-0.05, 0) is 19.3 Å². The molecular weight excluding hydrogens is 256 g/mol. The van der Waals surface area contributed by atoms with Crippen LogP contribution in [-0.2, 0) is 14.3 Å². The fraction of sp³-hybridized carbons (Fsp3) is 0.867. The van der Waals surface area contributed by atoms with E-state index in [1.54, 1.807) is 0 Å². The molecule has 2 aliphatic rings. The normalized spacial score (nSPS) is 26.2. The summed E-state index contributed by atoms with van der Waals surface area (Å²) in [6.45, 7) is 4.91. The summed E-state index contributed by atoms with van der Waals surface area (Å²) >= 11 is 0. The average Bonchev–Trinajstić information content (AvgIpc) is 3.07. The molecule has 0 aliphatic carbocycles. The van der Waals surface area contributed by atoms with Gasteiger partial charge in [-0.15, -0.1) is 0 Å². The van der Waals surface area contributed by atoms with Crippen LogP contribution in [0.1, 0.15) is 45.4 Å². The molecule has 2 aliphatic heterocycles. The Balaban J connectivity index is 1.69. The molecule has 0 aromatic rings. The quantitative estimate of drug-likeness (QED) is 0.717. The highest BCUT2D eigenvalue weighted by molar-refractivity contribution is 5.89. The average molecular weight is 282 g/mol. The van der Waals surface area contributed by atoms with E-state index in [0.717, 1.165) is 45.3 Å². The predicted molar refractivity (Wildman–Crippen MR) is 76.2 cm³/mol. The number of ether oxygens (including phenoxy) is 1. The SMILES string of the molecule is CCCCCN1CC(C(=O)NCC2CCCO2)CC1=O. The second-order valence-corrected chi connectivity index (χ2v) is 5.83. The lowest BCUT2D eigenvalue weighted by Gasteiger charge is -2.17. The number of likely N-dealkylation sites (tertiary alicyclic amines) is 1. The fourth-order valence-electron chi connectivity index (χ4n) is 2.88. The third-order valence-electron chi connectivity index (χ3n) is 4.14. The topological polar surface area (TPSA) is 58.6 Å². The molecule has 2 fully saturated rings. The van der Waals surface area contributed by atoms with Crippen molar-refractivity contribution in [2.75, 3.05) is 26.2 Å². The van der Waals surface area contributed by atoms with Gasteiger partial charge in [0, 0.05) is 32.7 Å². The van der Waals surface area contributed by atoms with Crippen molar-refractivity contribution >= 4 is 11.8 Å². The summed E-state index contributed by atoms with van der Waals surface area (Å²) in [7, 11) is 0. The Kier molecular flexibility index (Phi) is 5.83. The summed E-state index contributed by atoms with van der Waals surface area (Å²) in [4.78, 5) is 25.8. The number of nitrogens with one attached hydrogen (secondary N) is 1. The van der Waals surface area contributed by atoms with Crippen molar-refractivity contribution in [3.8, 4) is 0 Å². The lowest BCUT2D eigenvalue weighted by atomic mass is 10.1. The summed E-state index contributed by atoms with van der Waals surface area (Å²) in [5.41, 5.74) is 0. The van der Waals surface area contributed by atoms with Crippen LogP contribution in [0.3, 0.4) is 0 Å². The number of carbonyl (C=O) groups excluding carboxylic acids is 2. The van der Waals surface area contributed by atoms with Crippen LogP contribution < -0.4 is 5.32 Å². The number of hydrogen-bond donors (Lipinski definition) is 1. The van der Waals surface area contributed by atoms with Crippen molar-refractivity contribution in [3.05, 3.63) is 0 Å². The summed E-state index contributed by atoms with van der Waals surface area (Å²) < 4.78 is 5.48. The molecule has 0 radical (unpaired) electrons. The van der Waals surface area contributed by atoms with Gasteiger partial charge in [-0.2, -0.15) is 0 Å². The van der Waals surface area contributed by atoms with Crippen molar-refractivity contribution in [3.63, 3.8) is 0 Å². The second-order valence-electron chi connectivity index (χ2n) is 5.83. The van der Waals surface area contributed by atoms with Crippen LogP contribution >= 0.6 is 0 Å². The first-order chi connectivity index (χ1) is 9.70. The number of rotatable bonds is 7. The van der Waals surface area contributed by atoms with E-state index in [-0.39, 0.29) is 23.8 Å². The highest BCUT2D eigenvalue weighted by Gasteiger charge is 2.34. The fourth-order valence-corrected chi connectivity index (χ4v) is 2.88. The molecule has 1 N–H and O–H groups in total. The van der Waals surface area contributed by atoms with Crippen molar-refractivity contribution in [1.29, 1.82) is 0 Å². The zero-order chi connectivity index (χ0) is 14.4. The minimum absolute atomic E-state index is 0.00633. The van der Waals surface area contributed by atoms with Crippen molar-refractivity contribution in [2.45, 2.75) is 51.6 Å². The van der Waals surface area contributed by atoms with E-state index in [2.05, 4.69) is 12.2 Å². The van der Waals surface area contributed by atoms with Crippen LogP contribution in [0.4, 0.5) is 0 Å². The summed E-state index contributed by atoms with van der Waals surface area (Å²) in [5.74, 6) is -0.0456. The number of unbranched alkanes of at least 4 members (excludes halogenated alkanes) is 2. The largest absolute Gasteiger partial charge is 0.376 e. The Morgan fingerprint density at radius 2 is 2.30 bits per heavy atom. The predicted octanol–water partition coefficient (Wildman–Crippen LogP) is 1.32. The molecule has 2 unspecified atom stereocenters. The minimum atomic E-state index is -0.175. The van der Waals surface area contributed by atoms with E-state index >= 15 is 0 Å². The second kappa shape index (κ2) is 7.62. The lowest BCUT2D eigenvalue weighted by Crippen LogP contribution is -2.37. The number of nitrogens with zero attached hydrogens (tertiary/aromatic N) is 1. The van der Waals surface area contributed by atoms with Gasteiger partial charge in [-0.25, -0.2) is 0 Å². The van der Waals surface area contributed by atoms with Gasteiger partial charge < -0.3 is 15.0 Å². The molecule has 0 aromatic heterocycles. The van der Waals surface area contributed by atoms with Gasteiger partial charge in [0.2, 0.25) is 11.8 Å². The molecule has 0 saturated carbocycles. The molecule has 2 amide bonds. The molecule has 5 heteroatoms. The van der Waals surface area contributed by atoms with Gasteiger partial charge in [-0.3, -0.25) is 9.59 Å². The molecular formula is C15H26N2O3. The molecule has 2 saturated heterocycles. The number of hydrogen-bond acceptors (Lipinski definition) is 3. The first-order valence-electron chi connectivity index (χ1n) is 7.87. The van der Waals surface area contributed by atoms with Crippen LogP contribution in [0, 0.1) is 5.92 Å². The van der Waals surface area contributed by atoms with Crippen LogP contribution in [0.15, 0.2) is 0 Å². The maximum absolute atomic E-state index is 12.1. The first-order valence-corrected chi connectivity index (χ1v) is 7.87. The number of carbonyl (C=O) groups is 2. The van der Waals surface area contributed by atoms with E-state index in [9.17, 15) is 9.59 Å². The summed E-state index contributed by atoms with van der Waals surface area (Å²) in [6, 6.07) is 0. The van der Waals surface area contributed by atoms with Crippen LogP contribution in [0.5, 0.6) is 0 Å². The Morgan fingerprint density at radius 3 is 3.00 bits per heavy atom. The highest BCUT2D eigenvalue weighted by Crippen LogP contribution is 2.19. The van der Waals surface area contributed by atoms with Gasteiger partial charge in [0.25, 0.3) is 0 Å². The van der Waals surface area contributed by atoms with E-state index in [4.69, 9.17) is 4.74 Å². The molecule has 5 nitrogen and oxygen atoms in total. The zero-order valence-electron chi connectivity index (χ0n) is 12.4. The molecule has 0 bridgehead atoms. The smallest absolute Gasteiger partial charge is 0.225 e. The summed E-state index contributed by atoms with van der Waals surface area (Å²) in [5, 5.41) is 2.93. The minimum Gasteiger partial charge on any atom is -0.376 e. The highest BCUT2D eigenvalue weighted by atomic mass is 16.5. The standard InChI is InChI=1S/C15H26N2O3/c1-2-3-4-7-17-11-12(9-14(17)18)15(19)16-10-13-6-5-8-20-13/h12-13H,2-11H2,1H3,(H,16,19). The van der Waals surface area contributed by atoms with E-state index in [0.29, 0.717) is 19.5 Å². The molecule has 2 atom stereocenters. The third-order valence-corrected chi connectivity index (χ3v) is 4.14. The Labute approximate surface area is 121 Å². The van der Waals surface area contributed by atoms with Crippen LogP contribution in [0.2, 0.25) is 0 Å². The van der Waals surface area contributed by atoms with Gasteiger partial charge in [-0.1, -0.05) is 19.8 Å². The van der Waals surface area contributed by atoms with Gasteiger partial charge >= 0.3 is 0 Å². The number of amides is 2. The van der Waals surface area contributed by atoms with Crippen molar-refractivity contribution in [1.82, 2.24) is 10.2 Å². The molecule has 0 spiro atoms. The van der Waals surface area contributed by atoms with E-state index < -0.39 is 0 Å². The molecule has 2 rings (SSSR count).